The van der Waals surface area contributed by atoms with Crippen LogP contribution < -0.4 is 11.3 Å². The standard InChI is InChI=1S/C15H30O2S.H3N/c1-2-3-4-5-6-7-8-9-10-11-13-18-14-12-15(16)17;/h2-14H2,1H3,(H,16,17);1H3. The predicted molar refractivity (Wildman–Crippen MR) is 84.8 cm³/mol. The smallest absolute Gasteiger partial charge is 0.0422 e. The number of rotatable bonds is 14. The Balaban J connectivity index is 0. The van der Waals surface area contributed by atoms with Gasteiger partial charge in [-0.25, -0.2) is 0 Å². The number of hydrogen-bond acceptors (Lipinski definition) is 3. The summed E-state index contributed by atoms with van der Waals surface area (Å²) in [6.45, 7) is 2.25. The molecule has 0 heterocycles. The summed E-state index contributed by atoms with van der Waals surface area (Å²) >= 11 is 1.74. The fourth-order valence-corrected chi connectivity index (χ4v) is 2.87. The van der Waals surface area contributed by atoms with E-state index in [2.05, 4.69) is 6.92 Å². The van der Waals surface area contributed by atoms with Gasteiger partial charge >= 0.3 is 0 Å². The van der Waals surface area contributed by atoms with Crippen LogP contribution in [0.2, 0.25) is 0 Å². The normalized spacial score (nSPS) is 10.2. The number of carboxylic acids is 1. The molecule has 116 valence electrons. The van der Waals surface area contributed by atoms with Crippen molar-refractivity contribution in [3.8, 4) is 0 Å². The van der Waals surface area contributed by atoms with Gasteiger partial charge in [0.1, 0.15) is 0 Å². The lowest BCUT2D eigenvalue weighted by molar-refractivity contribution is -0.305. The number of unbranched alkanes of at least 4 members (excludes halogenated alkanes) is 9. The second-order valence-corrected chi connectivity index (χ2v) is 6.14. The van der Waals surface area contributed by atoms with Gasteiger partial charge in [-0.1, -0.05) is 64.7 Å². The largest absolute Gasteiger partial charge is 0.550 e. The first kappa shape index (κ1) is 21.1. The summed E-state index contributed by atoms with van der Waals surface area (Å²) in [5.74, 6) is 0.884. The first-order valence-corrected chi connectivity index (χ1v) is 8.70. The van der Waals surface area contributed by atoms with E-state index in [-0.39, 0.29) is 12.6 Å². The summed E-state index contributed by atoms with van der Waals surface area (Å²) < 4.78 is 0. The van der Waals surface area contributed by atoms with Crippen LogP contribution >= 0.6 is 11.8 Å². The summed E-state index contributed by atoms with van der Waals surface area (Å²) in [6.07, 6.45) is 13.8. The SMILES string of the molecule is CCCCCCCCCCCCSCCC(=O)[O-].[NH4+]. The van der Waals surface area contributed by atoms with Crippen LogP contribution in [0.1, 0.15) is 77.6 Å². The second-order valence-electron chi connectivity index (χ2n) is 4.92. The number of carbonyl (C=O) groups excluding carboxylic acids is 1. The number of hydrogen-bond donors (Lipinski definition) is 1. The Bertz CT molecular complexity index is 189. The van der Waals surface area contributed by atoms with E-state index in [0.717, 1.165) is 5.75 Å². The van der Waals surface area contributed by atoms with E-state index in [1.54, 1.807) is 11.8 Å². The molecule has 0 aromatic carbocycles. The van der Waals surface area contributed by atoms with Crippen molar-refractivity contribution in [3.63, 3.8) is 0 Å². The third kappa shape index (κ3) is 20.3. The van der Waals surface area contributed by atoms with Crippen molar-refractivity contribution in [2.75, 3.05) is 11.5 Å². The van der Waals surface area contributed by atoms with Crippen LogP contribution in [0.4, 0.5) is 0 Å². The van der Waals surface area contributed by atoms with E-state index < -0.39 is 5.97 Å². The fraction of sp³-hybridized carbons (Fsp3) is 0.933. The second kappa shape index (κ2) is 17.8. The molecule has 0 saturated heterocycles. The van der Waals surface area contributed by atoms with Gasteiger partial charge in [-0.15, -0.1) is 0 Å². The molecule has 0 aliphatic rings. The topological polar surface area (TPSA) is 76.6 Å². The van der Waals surface area contributed by atoms with Gasteiger partial charge in [-0.05, 0) is 24.3 Å². The highest BCUT2D eigenvalue weighted by molar-refractivity contribution is 7.99. The summed E-state index contributed by atoms with van der Waals surface area (Å²) in [4.78, 5) is 10.2. The molecular formula is C15H33NO2S. The number of thioether (sulfide) groups is 1. The van der Waals surface area contributed by atoms with E-state index in [9.17, 15) is 9.90 Å². The van der Waals surface area contributed by atoms with Crippen molar-refractivity contribution in [1.29, 1.82) is 0 Å². The molecule has 0 saturated carbocycles. The van der Waals surface area contributed by atoms with Crippen LogP contribution in [0.3, 0.4) is 0 Å². The number of carboxylic acid groups (broad SMARTS) is 1. The lowest BCUT2D eigenvalue weighted by Gasteiger charge is -2.03. The molecule has 0 atom stereocenters. The Labute approximate surface area is 123 Å². The monoisotopic (exact) mass is 291 g/mol. The highest BCUT2D eigenvalue weighted by atomic mass is 32.2. The summed E-state index contributed by atoms with van der Waals surface area (Å²) in [6, 6.07) is 0. The van der Waals surface area contributed by atoms with Crippen molar-refractivity contribution in [3.05, 3.63) is 0 Å². The third-order valence-electron chi connectivity index (χ3n) is 3.09. The maximum atomic E-state index is 10.2. The van der Waals surface area contributed by atoms with E-state index >= 15 is 0 Å². The van der Waals surface area contributed by atoms with E-state index in [1.165, 1.54) is 64.2 Å². The number of aliphatic carboxylic acids is 1. The Morgan fingerprint density at radius 3 is 1.79 bits per heavy atom. The molecule has 3 nitrogen and oxygen atoms in total. The zero-order valence-corrected chi connectivity index (χ0v) is 13.7. The first-order chi connectivity index (χ1) is 8.77. The first-order valence-electron chi connectivity index (χ1n) is 7.55. The Kier molecular flexibility index (Phi) is 19.7. The van der Waals surface area contributed by atoms with Crippen LogP contribution in [0.5, 0.6) is 0 Å². The van der Waals surface area contributed by atoms with Crippen molar-refractivity contribution in [2.45, 2.75) is 77.6 Å². The van der Waals surface area contributed by atoms with Crippen LogP contribution in [0.25, 0.3) is 0 Å². The molecule has 0 radical (unpaired) electrons. The van der Waals surface area contributed by atoms with Gasteiger partial charge < -0.3 is 16.1 Å². The molecule has 0 aromatic rings. The molecule has 19 heavy (non-hydrogen) atoms. The van der Waals surface area contributed by atoms with Gasteiger partial charge in [0.25, 0.3) is 0 Å². The summed E-state index contributed by atoms with van der Waals surface area (Å²) in [5, 5.41) is 10.2. The maximum absolute atomic E-state index is 10.2. The molecular weight excluding hydrogens is 258 g/mol. The molecule has 0 bridgehead atoms. The molecule has 4 N–H and O–H groups in total. The van der Waals surface area contributed by atoms with Crippen LogP contribution in [0, 0.1) is 0 Å². The Hall–Kier alpha value is -0.220. The van der Waals surface area contributed by atoms with Gasteiger partial charge in [0, 0.05) is 5.97 Å². The molecule has 4 heteroatoms. The number of carbonyl (C=O) groups is 1. The lowest BCUT2D eigenvalue weighted by Crippen LogP contribution is -2.22. The third-order valence-corrected chi connectivity index (χ3v) is 4.16. The average Bonchev–Trinajstić information content (AvgIpc) is 2.34. The molecule has 0 fully saturated rings. The molecule has 0 aromatic heterocycles. The van der Waals surface area contributed by atoms with Crippen LogP contribution in [0.15, 0.2) is 0 Å². The fourth-order valence-electron chi connectivity index (χ4n) is 1.95. The maximum Gasteiger partial charge on any atom is 0.0422 e. The minimum Gasteiger partial charge on any atom is -0.550 e. The van der Waals surface area contributed by atoms with E-state index in [4.69, 9.17) is 0 Å². The van der Waals surface area contributed by atoms with Gasteiger partial charge in [0.15, 0.2) is 0 Å². The van der Waals surface area contributed by atoms with Crippen LogP contribution in [-0.2, 0) is 4.79 Å². The van der Waals surface area contributed by atoms with Crippen LogP contribution in [-0.4, -0.2) is 17.5 Å². The van der Waals surface area contributed by atoms with Gasteiger partial charge in [0.2, 0.25) is 0 Å². The van der Waals surface area contributed by atoms with Crippen molar-refractivity contribution in [2.24, 2.45) is 0 Å². The Morgan fingerprint density at radius 2 is 1.32 bits per heavy atom. The van der Waals surface area contributed by atoms with E-state index in [1.807, 2.05) is 0 Å². The predicted octanol–water partition coefficient (Wildman–Crippen LogP) is 4.16. The molecule has 0 rings (SSSR count). The highest BCUT2D eigenvalue weighted by Crippen LogP contribution is 2.12. The lowest BCUT2D eigenvalue weighted by atomic mass is 10.1. The number of quaternary nitrogens is 1. The molecule has 0 aliphatic heterocycles. The summed E-state index contributed by atoms with van der Waals surface area (Å²) in [5.41, 5.74) is 0. The van der Waals surface area contributed by atoms with Gasteiger partial charge in [-0.3, -0.25) is 0 Å². The zero-order valence-electron chi connectivity index (χ0n) is 12.9. The quantitative estimate of drug-likeness (QED) is 0.488. The molecule has 0 spiro atoms. The molecule has 0 unspecified atom stereocenters. The minimum absolute atomic E-state index is 0. The zero-order chi connectivity index (χ0) is 13.5. The molecule has 0 amide bonds. The molecule has 0 aliphatic carbocycles. The minimum atomic E-state index is -0.925. The van der Waals surface area contributed by atoms with Gasteiger partial charge in [-0.2, -0.15) is 11.8 Å². The Morgan fingerprint density at radius 1 is 0.842 bits per heavy atom. The van der Waals surface area contributed by atoms with E-state index in [0.29, 0.717) is 5.75 Å². The highest BCUT2D eigenvalue weighted by Gasteiger charge is 1.93. The van der Waals surface area contributed by atoms with Gasteiger partial charge in [0.05, 0.1) is 0 Å². The average molecular weight is 292 g/mol. The van der Waals surface area contributed by atoms with Crippen molar-refractivity contribution in [1.82, 2.24) is 6.15 Å². The summed E-state index contributed by atoms with van der Waals surface area (Å²) in [7, 11) is 0. The van der Waals surface area contributed by atoms with Crippen molar-refractivity contribution < 1.29 is 9.90 Å². The van der Waals surface area contributed by atoms with Crippen molar-refractivity contribution >= 4 is 17.7 Å².